The van der Waals surface area contributed by atoms with E-state index in [-0.39, 0.29) is 12.5 Å². The maximum atomic E-state index is 12.4. The van der Waals surface area contributed by atoms with E-state index in [2.05, 4.69) is 31.3 Å². The molecule has 0 saturated heterocycles. The zero-order chi connectivity index (χ0) is 42.1. The molecule has 0 fully saturated rings. The van der Waals surface area contributed by atoms with Crippen LogP contribution >= 0.6 is 0 Å². The van der Waals surface area contributed by atoms with Gasteiger partial charge in [-0.2, -0.15) is 0 Å². The minimum absolute atomic E-state index is 0.0368. The second-order valence-corrected chi connectivity index (χ2v) is 18.7. The van der Waals surface area contributed by atoms with Gasteiger partial charge in [0.2, 0.25) is 5.91 Å². The molecule has 0 aromatic heterocycles. The van der Waals surface area contributed by atoms with Crippen LogP contribution in [0.3, 0.4) is 0 Å². The van der Waals surface area contributed by atoms with Gasteiger partial charge in [0, 0.05) is 6.42 Å². The molecular formula is C54H107NO3. The Bertz CT molecular complexity index is 799. The molecular weight excluding hydrogens is 711 g/mol. The summed E-state index contributed by atoms with van der Waals surface area (Å²) in [4.78, 5) is 12.4. The molecule has 58 heavy (non-hydrogen) atoms. The number of allylic oxidation sites excluding steroid dienone is 2. The van der Waals surface area contributed by atoms with Gasteiger partial charge in [0.15, 0.2) is 0 Å². The van der Waals surface area contributed by atoms with E-state index in [0.717, 1.165) is 25.7 Å². The number of hydrogen-bond donors (Lipinski definition) is 3. The molecule has 0 spiro atoms. The second-order valence-electron chi connectivity index (χ2n) is 18.7. The van der Waals surface area contributed by atoms with Crippen LogP contribution < -0.4 is 5.32 Å². The lowest BCUT2D eigenvalue weighted by atomic mass is 10.0. The second kappa shape index (κ2) is 50.5. The highest BCUT2D eigenvalue weighted by Gasteiger charge is 2.20. The Morgan fingerprint density at radius 3 is 0.966 bits per heavy atom. The predicted molar refractivity (Wildman–Crippen MR) is 258 cm³/mol. The quantitative estimate of drug-likeness (QED) is 0.0423. The number of hydrogen-bond acceptors (Lipinski definition) is 3. The Balaban J connectivity index is 3.36. The zero-order valence-corrected chi connectivity index (χ0v) is 39.8. The van der Waals surface area contributed by atoms with Gasteiger partial charge in [-0.1, -0.05) is 276 Å². The van der Waals surface area contributed by atoms with Crippen LogP contribution in [0, 0.1) is 0 Å². The molecule has 4 nitrogen and oxygen atoms in total. The molecule has 4 heteroatoms. The van der Waals surface area contributed by atoms with Gasteiger partial charge in [0.1, 0.15) is 0 Å². The molecule has 346 valence electrons. The third-order valence-corrected chi connectivity index (χ3v) is 12.8. The summed E-state index contributed by atoms with van der Waals surface area (Å²) >= 11 is 0. The Labute approximate surface area is 365 Å². The molecule has 0 aliphatic carbocycles. The van der Waals surface area contributed by atoms with Crippen LogP contribution in [0.15, 0.2) is 12.2 Å². The van der Waals surface area contributed by atoms with Crippen molar-refractivity contribution in [3.05, 3.63) is 12.2 Å². The number of rotatable bonds is 50. The van der Waals surface area contributed by atoms with Crippen LogP contribution in [0.2, 0.25) is 0 Å². The molecule has 0 saturated carbocycles. The van der Waals surface area contributed by atoms with Crippen LogP contribution in [-0.2, 0) is 4.79 Å². The molecule has 0 radical (unpaired) electrons. The van der Waals surface area contributed by atoms with Gasteiger partial charge < -0.3 is 15.5 Å². The molecule has 0 aliphatic rings. The first-order valence-corrected chi connectivity index (χ1v) is 26.9. The fourth-order valence-corrected chi connectivity index (χ4v) is 8.65. The first kappa shape index (κ1) is 57.1. The highest BCUT2D eigenvalue weighted by Crippen LogP contribution is 2.18. The van der Waals surface area contributed by atoms with E-state index in [1.54, 1.807) is 0 Å². The van der Waals surface area contributed by atoms with Gasteiger partial charge in [0.25, 0.3) is 0 Å². The van der Waals surface area contributed by atoms with Gasteiger partial charge in [-0.15, -0.1) is 0 Å². The minimum atomic E-state index is -0.660. The van der Waals surface area contributed by atoms with Crippen LogP contribution in [0.5, 0.6) is 0 Å². The number of aliphatic hydroxyl groups excluding tert-OH is 2. The molecule has 0 rings (SSSR count). The molecule has 0 aliphatic heterocycles. The van der Waals surface area contributed by atoms with Gasteiger partial charge in [-0.25, -0.2) is 0 Å². The summed E-state index contributed by atoms with van der Waals surface area (Å²) in [5, 5.41) is 23.2. The average Bonchev–Trinajstić information content (AvgIpc) is 3.23. The van der Waals surface area contributed by atoms with Gasteiger partial charge >= 0.3 is 0 Å². The predicted octanol–water partition coefficient (Wildman–Crippen LogP) is 17.4. The van der Waals surface area contributed by atoms with Crippen molar-refractivity contribution in [1.82, 2.24) is 5.32 Å². The van der Waals surface area contributed by atoms with Crippen LogP contribution in [-0.4, -0.2) is 34.9 Å². The lowest BCUT2D eigenvalue weighted by Gasteiger charge is -2.22. The summed E-state index contributed by atoms with van der Waals surface area (Å²) in [5.41, 5.74) is 0. The normalized spacial score (nSPS) is 12.8. The van der Waals surface area contributed by atoms with E-state index in [0.29, 0.717) is 12.8 Å². The number of carbonyl (C=O) groups excluding carboxylic acids is 1. The van der Waals surface area contributed by atoms with E-state index < -0.39 is 12.1 Å². The molecule has 0 bridgehead atoms. The molecule has 0 aromatic rings. The molecule has 2 atom stereocenters. The number of unbranched alkanes of at least 4 members (excludes halogenated alkanes) is 41. The molecule has 2 unspecified atom stereocenters. The lowest BCUT2D eigenvalue weighted by molar-refractivity contribution is -0.123. The van der Waals surface area contributed by atoms with E-state index >= 15 is 0 Å². The summed E-state index contributed by atoms with van der Waals surface area (Å²) in [6, 6.07) is -0.537. The SMILES string of the molecule is CCCCCC/C=C\CCCCCCCC(=O)NC(CO)C(O)CCCCCCCCCCCCCCCCCCCCCCCCCCCCCCCCCCC. The minimum Gasteiger partial charge on any atom is -0.394 e. The largest absolute Gasteiger partial charge is 0.394 e. The van der Waals surface area contributed by atoms with Crippen molar-refractivity contribution in [2.45, 2.75) is 321 Å². The Hall–Kier alpha value is -0.870. The summed E-state index contributed by atoms with van der Waals surface area (Å²) < 4.78 is 0. The number of nitrogens with one attached hydrogen (secondary N) is 1. The lowest BCUT2D eigenvalue weighted by Crippen LogP contribution is -2.45. The first-order valence-electron chi connectivity index (χ1n) is 26.9. The summed E-state index contributed by atoms with van der Waals surface area (Å²) in [6.07, 6.45) is 64.9. The van der Waals surface area contributed by atoms with Crippen molar-refractivity contribution < 1.29 is 15.0 Å². The van der Waals surface area contributed by atoms with Gasteiger partial charge in [0.05, 0.1) is 18.8 Å². The average molecular weight is 818 g/mol. The van der Waals surface area contributed by atoms with Crippen molar-refractivity contribution in [2.24, 2.45) is 0 Å². The van der Waals surface area contributed by atoms with E-state index in [9.17, 15) is 15.0 Å². The number of aliphatic hydroxyl groups is 2. The van der Waals surface area contributed by atoms with Crippen LogP contribution in [0.25, 0.3) is 0 Å². The maximum absolute atomic E-state index is 12.4. The first-order chi connectivity index (χ1) is 28.7. The van der Waals surface area contributed by atoms with Crippen LogP contribution in [0.1, 0.15) is 309 Å². The number of carbonyl (C=O) groups is 1. The summed E-state index contributed by atoms with van der Waals surface area (Å²) in [7, 11) is 0. The van der Waals surface area contributed by atoms with E-state index in [4.69, 9.17) is 0 Å². The van der Waals surface area contributed by atoms with Crippen molar-refractivity contribution in [3.8, 4) is 0 Å². The Kier molecular flexibility index (Phi) is 49.7. The number of amides is 1. The smallest absolute Gasteiger partial charge is 0.220 e. The fraction of sp³-hybridized carbons (Fsp3) is 0.944. The Morgan fingerprint density at radius 2 is 0.655 bits per heavy atom. The van der Waals surface area contributed by atoms with Crippen molar-refractivity contribution in [2.75, 3.05) is 6.61 Å². The summed E-state index contributed by atoms with van der Waals surface area (Å²) in [5.74, 6) is -0.0368. The van der Waals surface area contributed by atoms with Gasteiger partial charge in [-0.05, 0) is 38.5 Å². The molecule has 3 N–H and O–H groups in total. The standard InChI is InChI=1S/C54H107NO3/c1-3-5-7-9-11-13-15-17-18-19-20-21-22-23-24-25-26-27-28-29-30-31-32-33-34-35-36-38-39-41-43-45-47-49-53(57)52(51-56)55-54(58)50-48-46-44-42-40-37-16-14-12-10-8-6-4-2/h14,16,52-53,56-57H,3-13,15,17-51H2,1-2H3,(H,55,58)/b16-14-. The fourth-order valence-electron chi connectivity index (χ4n) is 8.65. The van der Waals surface area contributed by atoms with Gasteiger partial charge in [-0.3, -0.25) is 4.79 Å². The van der Waals surface area contributed by atoms with E-state index in [1.807, 2.05) is 0 Å². The van der Waals surface area contributed by atoms with Crippen LogP contribution in [0.4, 0.5) is 0 Å². The van der Waals surface area contributed by atoms with Crippen molar-refractivity contribution in [1.29, 1.82) is 0 Å². The third kappa shape index (κ3) is 46.2. The maximum Gasteiger partial charge on any atom is 0.220 e. The summed E-state index contributed by atoms with van der Waals surface area (Å²) in [6.45, 7) is 4.36. The monoisotopic (exact) mass is 818 g/mol. The highest BCUT2D eigenvalue weighted by atomic mass is 16.3. The molecule has 0 aromatic carbocycles. The zero-order valence-electron chi connectivity index (χ0n) is 39.8. The van der Waals surface area contributed by atoms with Crippen molar-refractivity contribution >= 4 is 5.91 Å². The third-order valence-electron chi connectivity index (χ3n) is 12.8. The topological polar surface area (TPSA) is 69.6 Å². The van der Waals surface area contributed by atoms with E-state index in [1.165, 1.54) is 257 Å². The van der Waals surface area contributed by atoms with Crippen molar-refractivity contribution in [3.63, 3.8) is 0 Å². The highest BCUT2D eigenvalue weighted by molar-refractivity contribution is 5.76. The molecule has 1 amide bonds. The molecule has 0 heterocycles. The Morgan fingerprint density at radius 1 is 0.397 bits per heavy atom.